The molecule has 0 spiro atoms. The second-order valence-corrected chi connectivity index (χ2v) is 4.40. The van der Waals surface area contributed by atoms with Crippen molar-refractivity contribution in [1.82, 2.24) is 4.98 Å². The molecule has 1 heterocycles. The quantitative estimate of drug-likeness (QED) is 0.634. The van der Waals surface area contributed by atoms with Gasteiger partial charge in [-0.2, -0.15) is 0 Å². The van der Waals surface area contributed by atoms with Gasteiger partial charge in [0.15, 0.2) is 0 Å². The number of benzene rings is 1. The van der Waals surface area contributed by atoms with Crippen LogP contribution in [0.2, 0.25) is 5.02 Å². The molecule has 1 aromatic heterocycles. The maximum Gasteiger partial charge on any atom is 0.269 e. The Morgan fingerprint density at radius 3 is 2.79 bits per heavy atom. The van der Waals surface area contributed by atoms with Crippen molar-refractivity contribution in [2.45, 2.75) is 13.5 Å². The van der Waals surface area contributed by atoms with Crippen LogP contribution in [0.15, 0.2) is 36.5 Å². The van der Waals surface area contributed by atoms with E-state index in [2.05, 4.69) is 4.98 Å². The van der Waals surface area contributed by atoms with Crippen molar-refractivity contribution in [2.24, 2.45) is 0 Å². The highest BCUT2D eigenvalue weighted by molar-refractivity contribution is 6.30. The summed E-state index contributed by atoms with van der Waals surface area (Å²) in [4.78, 5) is 14.3. The number of pyridine rings is 1. The zero-order chi connectivity index (χ0) is 13.8. The SMILES string of the molecule is Cc1cc([N+](=O)[O-])ccc1OCc1cc(Cl)ccn1. The maximum absolute atomic E-state index is 10.6. The van der Waals surface area contributed by atoms with Crippen LogP contribution in [-0.4, -0.2) is 9.91 Å². The van der Waals surface area contributed by atoms with Crippen LogP contribution < -0.4 is 4.74 Å². The lowest BCUT2D eigenvalue weighted by Crippen LogP contribution is -1.99. The van der Waals surface area contributed by atoms with Gasteiger partial charge < -0.3 is 4.74 Å². The first kappa shape index (κ1) is 13.3. The Morgan fingerprint density at radius 2 is 2.16 bits per heavy atom. The van der Waals surface area contributed by atoms with E-state index in [-0.39, 0.29) is 12.3 Å². The van der Waals surface area contributed by atoms with E-state index in [1.807, 2.05) is 0 Å². The van der Waals surface area contributed by atoms with Gasteiger partial charge in [-0.3, -0.25) is 15.1 Å². The van der Waals surface area contributed by atoms with Gasteiger partial charge in [-0.25, -0.2) is 0 Å². The molecule has 0 fully saturated rings. The Morgan fingerprint density at radius 1 is 1.37 bits per heavy atom. The van der Waals surface area contributed by atoms with Gasteiger partial charge in [0.25, 0.3) is 5.69 Å². The van der Waals surface area contributed by atoms with E-state index in [1.54, 1.807) is 31.3 Å². The third kappa shape index (κ3) is 3.42. The average molecular weight is 279 g/mol. The lowest BCUT2D eigenvalue weighted by Gasteiger charge is -2.08. The Bertz CT molecular complexity index is 617. The maximum atomic E-state index is 10.6. The number of nitrogens with zero attached hydrogens (tertiary/aromatic N) is 2. The van der Waals surface area contributed by atoms with E-state index in [0.717, 1.165) is 0 Å². The standard InChI is InChI=1S/C13H11ClN2O3/c1-9-6-12(16(17)18)2-3-13(9)19-8-11-7-10(14)4-5-15-11/h2-7H,8H2,1H3. The van der Waals surface area contributed by atoms with Gasteiger partial charge in [0.2, 0.25) is 0 Å². The number of ether oxygens (including phenoxy) is 1. The lowest BCUT2D eigenvalue weighted by atomic mass is 10.2. The highest BCUT2D eigenvalue weighted by atomic mass is 35.5. The summed E-state index contributed by atoms with van der Waals surface area (Å²) >= 11 is 5.84. The van der Waals surface area contributed by atoms with Crippen molar-refractivity contribution >= 4 is 17.3 Å². The Labute approximate surface area is 115 Å². The van der Waals surface area contributed by atoms with Crippen LogP contribution in [0.5, 0.6) is 5.75 Å². The first-order chi connectivity index (χ1) is 9.06. The first-order valence-corrected chi connectivity index (χ1v) is 5.92. The monoisotopic (exact) mass is 278 g/mol. The van der Waals surface area contributed by atoms with Crippen molar-refractivity contribution in [3.05, 3.63) is 62.9 Å². The Kier molecular flexibility index (Phi) is 3.97. The van der Waals surface area contributed by atoms with Crippen molar-refractivity contribution in [1.29, 1.82) is 0 Å². The molecule has 98 valence electrons. The van der Waals surface area contributed by atoms with Crippen molar-refractivity contribution in [2.75, 3.05) is 0 Å². The fourth-order valence-electron chi connectivity index (χ4n) is 1.59. The summed E-state index contributed by atoms with van der Waals surface area (Å²) in [5, 5.41) is 11.2. The molecule has 0 atom stereocenters. The molecule has 0 aliphatic rings. The number of rotatable bonds is 4. The molecule has 0 N–H and O–H groups in total. The normalized spacial score (nSPS) is 10.2. The second kappa shape index (κ2) is 5.67. The van der Waals surface area contributed by atoms with E-state index >= 15 is 0 Å². The van der Waals surface area contributed by atoms with Gasteiger partial charge in [-0.1, -0.05) is 11.6 Å². The summed E-state index contributed by atoms with van der Waals surface area (Å²) in [5.41, 5.74) is 1.45. The van der Waals surface area contributed by atoms with Gasteiger partial charge in [-0.15, -0.1) is 0 Å². The molecule has 0 aliphatic carbocycles. The molecule has 2 aromatic rings. The molecule has 0 aliphatic heterocycles. The summed E-state index contributed by atoms with van der Waals surface area (Å²) in [5.74, 6) is 0.590. The predicted octanol–water partition coefficient (Wildman–Crippen LogP) is 3.53. The number of aryl methyl sites for hydroxylation is 1. The van der Waals surface area contributed by atoms with Crippen LogP contribution in [0.4, 0.5) is 5.69 Å². The molecule has 5 nitrogen and oxygen atoms in total. The third-order valence-corrected chi connectivity index (χ3v) is 2.76. The average Bonchev–Trinajstić information content (AvgIpc) is 2.37. The molecule has 6 heteroatoms. The predicted molar refractivity (Wildman–Crippen MR) is 71.4 cm³/mol. The minimum atomic E-state index is -0.435. The summed E-state index contributed by atoms with van der Waals surface area (Å²) in [6, 6.07) is 7.86. The molecule has 0 unspecified atom stereocenters. The number of aromatic nitrogens is 1. The Hall–Kier alpha value is -2.14. The number of hydrogen-bond acceptors (Lipinski definition) is 4. The van der Waals surface area contributed by atoms with Gasteiger partial charge >= 0.3 is 0 Å². The highest BCUT2D eigenvalue weighted by Crippen LogP contribution is 2.24. The van der Waals surface area contributed by atoms with Crippen LogP contribution in [0.25, 0.3) is 0 Å². The fourth-order valence-corrected chi connectivity index (χ4v) is 1.77. The van der Waals surface area contributed by atoms with E-state index in [1.165, 1.54) is 12.1 Å². The first-order valence-electron chi connectivity index (χ1n) is 5.54. The molecule has 0 amide bonds. The van der Waals surface area contributed by atoms with Crippen LogP contribution in [0.3, 0.4) is 0 Å². The number of nitro benzene ring substituents is 1. The van der Waals surface area contributed by atoms with Gasteiger partial charge in [0, 0.05) is 23.4 Å². The molecule has 0 saturated heterocycles. The van der Waals surface area contributed by atoms with E-state index < -0.39 is 4.92 Å². The molecular formula is C13H11ClN2O3. The van der Waals surface area contributed by atoms with Gasteiger partial charge in [-0.05, 0) is 30.7 Å². The zero-order valence-electron chi connectivity index (χ0n) is 10.2. The second-order valence-electron chi connectivity index (χ2n) is 3.96. The number of halogens is 1. The number of hydrogen-bond donors (Lipinski definition) is 0. The van der Waals surface area contributed by atoms with E-state index in [4.69, 9.17) is 16.3 Å². The summed E-state index contributed by atoms with van der Waals surface area (Å²) < 4.78 is 5.57. The van der Waals surface area contributed by atoms with Crippen LogP contribution in [0, 0.1) is 17.0 Å². The minimum Gasteiger partial charge on any atom is -0.487 e. The van der Waals surface area contributed by atoms with E-state index in [9.17, 15) is 10.1 Å². The molecule has 0 radical (unpaired) electrons. The van der Waals surface area contributed by atoms with E-state index in [0.29, 0.717) is 22.0 Å². The van der Waals surface area contributed by atoms with Crippen molar-refractivity contribution in [3.63, 3.8) is 0 Å². The topological polar surface area (TPSA) is 65.3 Å². The molecule has 19 heavy (non-hydrogen) atoms. The fraction of sp³-hybridized carbons (Fsp3) is 0.154. The van der Waals surface area contributed by atoms with Gasteiger partial charge in [0.05, 0.1) is 10.6 Å². The summed E-state index contributed by atoms with van der Waals surface area (Å²) in [6.07, 6.45) is 1.60. The molecule has 1 aromatic carbocycles. The highest BCUT2D eigenvalue weighted by Gasteiger charge is 2.09. The summed E-state index contributed by atoms with van der Waals surface area (Å²) in [6.45, 7) is 2.02. The van der Waals surface area contributed by atoms with Crippen LogP contribution >= 0.6 is 11.6 Å². The minimum absolute atomic E-state index is 0.0470. The van der Waals surface area contributed by atoms with Crippen LogP contribution in [0.1, 0.15) is 11.3 Å². The van der Waals surface area contributed by atoms with Crippen molar-refractivity contribution in [3.8, 4) is 5.75 Å². The third-order valence-electron chi connectivity index (χ3n) is 2.52. The Balaban J connectivity index is 2.10. The lowest BCUT2D eigenvalue weighted by molar-refractivity contribution is -0.384. The van der Waals surface area contributed by atoms with Crippen molar-refractivity contribution < 1.29 is 9.66 Å². The molecular weight excluding hydrogens is 268 g/mol. The number of non-ortho nitro benzene ring substituents is 1. The zero-order valence-corrected chi connectivity index (χ0v) is 10.9. The summed E-state index contributed by atoms with van der Waals surface area (Å²) in [7, 11) is 0. The number of nitro groups is 1. The van der Waals surface area contributed by atoms with Crippen LogP contribution in [-0.2, 0) is 6.61 Å². The van der Waals surface area contributed by atoms with Gasteiger partial charge in [0.1, 0.15) is 12.4 Å². The molecule has 2 rings (SSSR count). The molecule has 0 bridgehead atoms. The largest absolute Gasteiger partial charge is 0.487 e. The molecule has 0 saturated carbocycles. The smallest absolute Gasteiger partial charge is 0.269 e.